The molecule has 2 aromatic rings. The quantitative estimate of drug-likeness (QED) is 0.909. The van der Waals surface area contributed by atoms with Gasteiger partial charge in [0.1, 0.15) is 5.82 Å². The van der Waals surface area contributed by atoms with Gasteiger partial charge < -0.3 is 5.32 Å². The van der Waals surface area contributed by atoms with Gasteiger partial charge in [0.05, 0.1) is 10.6 Å². The molecule has 0 aliphatic carbocycles. The van der Waals surface area contributed by atoms with Gasteiger partial charge in [0.2, 0.25) is 0 Å². The van der Waals surface area contributed by atoms with E-state index in [1.54, 1.807) is 0 Å². The third-order valence-electron chi connectivity index (χ3n) is 3.11. The zero-order valence-corrected chi connectivity index (χ0v) is 13.7. The molecule has 6 heteroatoms. The van der Waals surface area contributed by atoms with Crippen molar-refractivity contribution in [1.29, 1.82) is 0 Å². The summed E-state index contributed by atoms with van der Waals surface area (Å²) >= 11 is 0. The summed E-state index contributed by atoms with van der Waals surface area (Å²) in [6.07, 6.45) is 0. The monoisotopic (exact) mass is 335 g/mol. The molecule has 0 aliphatic heterocycles. The maximum Gasteiger partial charge on any atom is 0.255 e. The van der Waals surface area contributed by atoms with Crippen molar-refractivity contribution < 1.29 is 17.6 Å². The molecule has 0 unspecified atom stereocenters. The fourth-order valence-corrected chi connectivity index (χ4v) is 3.76. The fraction of sp³-hybridized carbons (Fsp3) is 0.235. The first-order valence-electron chi connectivity index (χ1n) is 7.17. The van der Waals surface area contributed by atoms with Crippen LogP contribution >= 0.6 is 0 Å². The standard InChI is InChI=1S/C17H18FNO3S/c1-12(2)11-23(21,22)16-5-3-4-13(10-16)17(20)19-15-8-6-14(18)7-9-15/h3-10,12H,11H2,1-2H3,(H,19,20). The highest BCUT2D eigenvalue weighted by atomic mass is 32.2. The van der Waals surface area contributed by atoms with Crippen molar-refractivity contribution in [3.8, 4) is 0 Å². The third-order valence-corrected chi connectivity index (χ3v) is 5.19. The molecule has 0 aliphatic rings. The van der Waals surface area contributed by atoms with E-state index in [2.05, 4.69) is 5.32 Å². The Morgan fingerprint density at radius 3 is 2.39 bits per heavy atom. The Morgan fingerprint density at radius 2 is 1.78 bits per heavy atom. The number of amides is 1. The van der Waals surface area contributed by atoms with Crippen molar-refractivity contribution in [2.45, 2.75) is 18.7 Å². The van der Waals surface area contributed by atoms with Crippen LogP contribution in [0.25, 0.3) is 0 Å². The van der Waals surface area contributed by atoms with E-state index in [4.69, 9.17) is 0 Å². The summed E-state index contributed by atoms with van der Waals surface area (Å²) in [5.74, 6) is -0.824. The summed E-state index contributed by atoms with van der Waals surface area (Å²) in [6.45, 7) is 3.64. The molecule has 0 atom stereocenters. The van der Waals surface area contributed by atoms with Gasteiger partial charge in [-0.3, -0.25) is 4.79 Å². The van der Waals surface area contributed by atoms with Gasteiger partial charge in [-0.05, 0) is 48.4 Å². The molecule has 0 aromatic heterocycles. The molecular formula is C17H18FNO3S. The van der Waals surface area contributed by atoms with Gasteiger partial charge in [-0.15, -0.1) is 0 Å². The zero-order valence-electron chi connectivity index (χ0n) is 12.9. The van der Waals surface area contributed by atoms with Gasteiger partial charge in [-0.1, -0.05) is 19.9 Å². The minimum absolute atomic E-state index is 0.00306. The lowest BCUT2D eigenvalue weighted by molar-refractivity contribution is 0.102. The van der Waals surface area contributed by atoms with Gasteiger partial charge >= 0.3 is 0 Å². The fourth-order valence-electron chi connectivity index (χ4n) is 2.10. The van der Waals surface area contributed by atoms with Gasteiger partial charge in [0.25, 0.3) is 5.91 Å². The van der Waals surface area contributed by atoms with Crippen LogP contribution in [-0.2, 0) is 9.84 Å². The van der Waals surface area contributed by atoms with Gasteiger partial charge in [-0.2, -0.15) is 0 Å². The van der Waals surface area contributed by atoms with Crippen molar-refractivity contribution in [2.24, 2.45) is 5.92 Å². The highest BCUT2D eigenvalue weighted by molar-refractivity contribution is 7.91. The maximum absolute atomic E-state index is 12.9. The van der Waals surface area contributed by atoms with Crippen molar-refractivity contribution in [3.63, 3.8) is 0 Å². The highest BCUT2D eigenvalue weighted by Gasteiger charge is 2.18. The van der Waals surface area contributed by atoms with E-state index >= 15 is 0 Å². The van der Waals surface area contributed by atoms with Crippen LogP contribution in [0.5, 0.6) is 0 Å². The predicted octanol–water partition coefficient (Wildman–Crippen LogP) is 3.51. The van der Waals surface area contributed by atoms with E-state index < -0.39 is 21.6 Å². The molecule has 0 heterocycles. The van der Waals surface area contributed by atoms with Crippen LogP contribution in [0.15, 0.2) is 53.4 Å². The number of sulfone groups is 1. The van der Waals surface area contributed by atoms with Crippen LogP contribution in [0.4, 0.5) is 10.1 Å². The molecule has 0 spiro atoms. The molecule has 0 saturated carbocycles. The number of carbonyl (C=O) groups excluding carboxylic acids is 1. The Bertz CT molecular complexity index is 799. The van der Waals surface area contributed by atoms with Crippen LogP contribution in [-0.4, -0.2) is 20.1 Å². The van der Waals surface area contributed by atoms with E-state index in [0.29, 0.717) is 5.69 Å². The summed E-state index contributed by atoms with van der Waals surface area (Å²) in [6, 6.07) is 11.3. The molecule has 2 rings (SSSR count). The molecule has 23 heavy (non-hydrogen) atoms. The van der Waals surface area contributed by atoms with Crippen LogP contribution in [0.3, 0.4) is 0 Å². The van der Waals surface area contributed by atoms with E-state index in [1.165, 1.54) is 48.5 Å². The molecule has 1 amide bonds. The van der Waals surface area contributed by atoms with Crippen molar-refractivity contribution in [2.75, 3.05) is 11.1 Å². The van der Waals surface area contributed by atoms with E-state index in [1.807, 2.05) is 13.8 Å². The van der Waals surface area contributed by atoms with Gasteiger partial charge in [-0.25, -0.2) is 12.8 Å². The number of benzene rings is 2. The van der Waals surface area contributed by atoms with Crippen LogP contribution in [0, 0.1) is 11.7 Å². The van der Waals surface area contributed by atoms with Crippen LogP contribution < -0.4 is 5.32 Å². The lowest BCUT2D eigenvalue weighted by atomic mass is 10.2. The Kier molecular flexibility index (Phi) is 5.15. The molecule has 0 bridgehead atoms. The SMILES string of the molecule is CC(C)CS(=O)(=O)c1cccc(C(=O)Nc2ccc(F)cc2)c1. The largest absolute Gasteiger partial charge is 0.322 e. The topological polar surface area (TPSA) is 63.2 Å². The number of nitrogens with one attached hydrogen (secondary N) is 1. The van der Waals surface area contributed by atoms with Crippen molar-refractivity contribution >= 4 is 21.4 Å². The number of anilines is 1. The number of hydrogen-bond acceptors (Lipinski definition) is 3. The Balaban J connectivity index is 2.22. The van der Waals surface area contributed by atoms with E-state index in [-0.39, 0.29) is 22.1 Å². The predicted molar refractivity (Wildman–Crippen MR) is 87.7 cm³/mol. The molecule has 4 nitrogen and oxygen atoms in total. The second-order valence-electron chi connectivity index (χ2n) is 5.66. The molecule has 2 aromatic carbocycles. The smallest absolute Gasteiger partial charge is 0.255 e. The third kappa shape index (κ3) is 4.63. The average Bonchev–Trinajstić information content (AvgIpc) is 2.48. The lowest BCUT2D eigenvalue weighted by Gasteiger charge is -2.09. The summed E-state index contributed by atoms with van der Waals surface area (Å²) in [4.78, 5) is 12.3. The molecule has 122 valence electrons. The van der Waals surface area contributed by atoms with Crippen molar-refractivity contribution in [1.82, 2.24) is 0 Å². The minimum atomic E-state index is -3.42. The summed E-state index contributed by atoms with van der Waals surface area (Å²) < 4.78 is 37.3. The first-order chi connectivity index (χ1) is 10.8. The summed E-state index contributed by atoms with van der Waals surface area (Å²) in [7, 11) is -3.42. The van der Waals surface area contributed by atoms with E-state index in [9.17, 15) is 17.6 Å². The zero-order chi connectivity index (χ0) is 17.0. The van der Waals surface area contributed by atoms with Crippen LogP contribution in [0.2, 0.25) is 0 Å². The first kappa shape index (κ1) is 17.1. The average molecular weight is 335 g/mol. The van der Waals surface area contributed by atoms with Crippen LogP contribution in [0.1, 0.15) is 24.2 Å². The summed E-state index contributed by atoms with van der Waals surface area (Å²) in [5, 5.41) is 2.60. The molecule has 0 radical (unpaired) electrons. The minimum Gasteiger partial charge on any atom is -0.322 e. The highest BCUT2D eigenvalue weighted by Crippen LogP contribution is 2.17. The Hall–Kier alpha value is -2.21. The first-order valence-corrected chi connectivity index (χ1v) is 8.83. The second-order valence-corrected chi connectivity index (χ2v) is 7.70. The summed E-state index contributed by atoms with van der Waals surface area (Å²) in [5.41, 5.74) is 0.672. The Morgan fingerprint density at radius 1 is 1.13 bits per heavy atom. The number of hydrogen-bond donors (Lipinski definition) is 1. The lowest BCUT2D eigenvalue weighted by Crippen LogP contribution is -2.15. The maximum atomic E-state index is 12.9. The molecule has 0 saturated heterocycles. The number of rotatable bonds is 5. The number of halogens is 1. The van der Waals surface area contributed by atoms with E-state index in [0.717, 1.165) is 0 Å². The second kappa shape index (κ2) is 6.91. The molecule has 1 N–H and O–H groups in total. The number of carbonyl (C=O) groups is 1. The molecular weight excluding hydrogens is 317 g/mol. The van der Waals surface area contributed by atoms with Gasteiger partial charge in [0.15, 0.2) is 9.84 Å². The normalized spacial score (nSPS) is 11.5. The van der Waals surface area contributed by atoms with Crippen molar-refractivity contribution in [3.05, 3.63) is 59.9 Å². The molecule has 0 fully saturated rings. The Labute approximate surface area is 135 Å². The van der Waals surface area contributed by atoms with Gasteiger partial charge in [0, 0.05) is 11.3 Å².